The third-order valence-corrected chi connectivity index (χ3v) is 3.72. The zero-order valence-corrected chi connectivity index (χ0v) is 11.8. The molecule has 1 rings (SSSR count). The Morgan fingerprint density at radius 2 is 2.12 bits per heavy atom. The van der Waals surface area contributed by atoms with Crippen LogP contribution in [0, 0.1) is 11.7 Å². The van der Waals surface area contributed by atoms with Crippen molar-refractivity contribution in [1.82, 2.24) is 5.32 Å². The highest BCUT2D eigenvalue weighted by atomic mass is 79.9. The fourth-order valence-electron chi connectivity index (χ4n) is 1.74. The van der Waals surface area contributed by atoms with Gasteiger partial charge in [-0.3, -0.25) is 0 Å². The van der Waals surface area contributed by atoms with E-state index in [1.807, 2.05) is 6.07 Å². The standard InChI is InChI=1S/C13H19BrFNO/c1-9(2)12(6-7-17)16-8-10-4-3-5-11(15)13(10)14/h3-5,9,12,16-17H,6-8H2,1-2H3. The number of halogens is 2. The monoisotopic (exact) mass is 303 g/mol. The summed E-state index contributed by atoms with van der Waals surface area (Å²) in [6, 6.07) is 5.26. The first-order chi connectivity index (χ1) is 8.06. The number of aliphatic hydroxyl groups excluding tert-OH is 1. The van der Waals surface area contributed by atoms with Crippen LogP contribution in [0.5, 0.6) is 0 Å². The highest BCUT2D eigenvalue weighted by Crippen LogP contribution is 2.20. The second-order valence-electron chi connectivity index (χ2n) is 4.46. The van der Waals surface area contributed by atoms with Crippen LogP contribution in [0.25, 0.3) is 0 Å². The lowest BCUT2D eigenvalue weighted by molar-refractivity contribution is 0.243. The molecular formula is C13H19BrFNO. The molecule has 96 valence electrons. The van der Waals surface area contributed by atoms with E-state index in [0.29, 0.717) is 23.4 Å². The summed E-state index contributed by atoms with van der Waals surface area (Å²) in [4.78, 5) is 0. The molecule has 0 aliphatic carbocycles. The van der Waals surface area contributed by atoms with Gasteiger partial charge in [0.1, 0.15) is 5.82 Å². The Hall–Kier alpha value is -0.450. The van der Waals surface area contributed by atoms with E-state index in [4.69, 9.17) is 5.11 Å². The van der Waals surface area contributed by atoms with E-state index in [-0.39, 0.29) is 18.5 Å². The molecule has 0 aromatic heterocycles. The normalized spacial score (nSPS) is 13.1. The van der Waals surface area contributed by atoms with Crippen molar-refractivity contribution in [2.24, 2.45) is 5.92 Å². The number of rotatable bonds is 6. The summed E-state index contributed by atoms with van der Waals surface area (Å²) in [6.45, 7) is 4.98. The molecule has 0 aliphatic rings. The van der Waals surface area contributed by atoms with Crippen molar-refractivity contribution in [3.63, 3.8) is 0 Å². The van der Waals surface area contributed by atoms with Crippen molar-refractivity contribution < 1.29 is 9.50 Å². The molecule has 0 amide bonds. The molecule has 2 nitrogen and oxygen atoms in total. The Morgan fingerprint density at radius 3 is 2.71 bits per heavy atom. The van der Waals surface area contributed by atoms with E-state index < -0.39 is 0 Å². The topological polar surface area (TPSA) is 32.3 Å². The van der Waals surface area contributed by atoms with Crippen LogP contribution < -0.4 is 5.32 Å². The molecule has 1 aromatic rings. The Bertz CT molecular complexity index is 357. The van der Waals surface area contributed by atoms with Crippen LogP contribution in [-0.2, 0) is 6.54 Å². The molecule has 0 saturated heterocycles. The quantitative estimate of drug-likeness (QED) is 0.846. The minimum Gasteiger partial charge on any atom is -0.396 e. The van der Waals surface area contributed by atoms with Crippen molar-refractivity contribution in [1.29, 1.82) is 0 Å². The summed E-state index contributed by atoms with van der Waals surface area (Å²) in [5, 5.41) is 12.3. The Balaban J connectivity index is 2.62. The molecular weight excluding hydrogens is 285 g/mol. The summed E-state index contributed by atoms with van der Waals surface area (Å²) < 4.78 is 13.8. The molecule has 2 N–H and O–H groups in total. The molecule has 1 aromatic carbocycles. The number of benzene rings is 1. The maximum Gasteiger partial charge on any atom is 0.137 e. The van der Waals surface area contributed by atoms with Gasteiger partial charge >= 0.3 is 0 Å². The number of aliphatic hydroxyl groups is 1. The molecule has 0 aliphatic heterocycles. The molecule has 0 saturated carbocycles. The van der Waals surface area contributed by atoms with Crippen LogP contribution in [0.1, 0.15) is 25.8 Å². The van der Waals surface area contributed by atoms with Crippen molar-refractivity contribution in [3.05, 3.63) is 34.1 Å². The SMILES string of the molecule is CC(C)C(CCO)NCc1cccc(F)c1Br. The largest absolute Gasteiger partial charge is 0.396 e. The highest BCUT2D eigenvalue weighted by molar-refractivity contribution is 9.10. The first-order valence-corrected chi connectivity index (χ1v) is 6.62. The van der Waals surface area contributed by atoms with E-state index in [0.717, 1.165) is 5.56 Å². The number of hydrogen-bond donors (Lipinski definition) is 2. The van der Waals surface area contributed by atoms with Crippen LogP contribution in [0.2, 0.25) is 0 Å². The van der Waals surface area contributed by atoms with E-state index in [1.165, 1.54) is 6.07 Å². The van der Waals surface area contributed by atoms with E-state index in [2.05, 4.69) is 35.1 Å². The summed E-state index contributed by atoms with van der Waals surface area (Å²) in [6.07, 6.45) is 0.713. The maximum atomic E-state index is 13.3. The Morgan fingerprint density at radius 1 is 1.41 bits per heavy atom. The molecule has 0 spiro atoms. The van der Waals surface area contributed by atoms with Crippen molar-refractivity contribution in [3.8, 4) is 0 Å². The van der Waals surface area contributed by atoms with Gasteiger partial charge in [0.2, 0.25) is 0 Å². The van der Waals surface area contributed by atoms with Crippen LogP contribution in [-0.4, -0.2) is 17.8 Å². The first kappa shape index (κ1) is 14.6. The first-order valence-electron chi connectivity index (χ1n) is 5.83. The second-order valence-corrected chi connectivity index (χ2v) is 5.25. The molecule has 4 heteroatoms. The molecule has 17 heavy (non-hydrogen) atoms. The maximum absolute atomic E-state index is 13.3. The minimum absolute atomic E-state index is 0.167. The van der Waals surface area contributed by atoms with Crippen LogP contribution in [0.3, 0.4) is 0 Å². The van der Waals surface area contributed by atoms with Gasteiger partial charge in [-0.25, -0.2) is 4.39 Å². The van der Waals surface area contributed by atoms with Crippen LogP contribution in [0.4, 0.5) is 4.39 Å². The van der Waals surface area contributed by atoms with Crippen LogP contribution >= 0.6 is 15.9 Å². The van der Waals surface area contributed by atoms with Gasteiger partial charge in [-0.15, -0.1) is 0 Å². The Kier molecular flexibility index (Phi) is 6.09. The Labute approximate surface area is 110 Å². The molecule has 1 atom stereocenters. The van der Waals surface area contributed by atoms with Crippen LogP contribution in [0.15, 0.2) is 22.7 Å². The average Bonchev–Trinajstić information content (AvgIpc) is 2.29. The van der Waals surface area contributed by atoms with Gasteiger partial charge in [0.05, 0.1) is 4.47 Å². The van der Waals surface area contributed by atoms with Crippen molar-refractivity contribution >= 4 is 15.9 Å². The summed E-state index contributed by atoms with van der Waals surface area (Å²) >= 11 is 3.24. The minimum atomic E-state index is -0.243. The van der Waals surface area contributed by atoms with Gasteiger partial charge in [0.25, 0.3) is 0 Å². The van der Waals surface area contributed by atoms with E-state index in [9.17, 15) is 4.39 Å². The summed E-state index contributed by atoms with van der Waals surface area (Å²) in [5.74, 6) is 0.196. The zero-order chi connectivity index (χ0) is 12.8. The third-order valence-electron chi connectivity index (χ3n) is 2.83. The van der Waals surface area contributed by atoms with E-state index in [1.54, 1.807) is 6.07 Å². The van der Waals surface area contributed by atoms with Crippen molar-refractivity contribution in [2.75, 3.05) is 6.61 Å². The van der Waals surface area contributed by atoms with Gasteiger partial charge in [-0.1, -0.05) is 26.0 Å². The molecule has 0 radical (unpaired) electrons. The van der Waals surface area contributed by atoms with Gasteiger partial charge in [-0.05, 0) is 39.9 Å². The summed E-state index contributed by atoms with van der Waals surface area (Å²) in [5.41, 5.74) is 0.897. The van der Waals surface area contributed by atoms with Gasteiger partial charge in [-0.2, -0.15) is 0 Å². The third kappa shape index (κ3) is 4.37. The number of hydrogen-bond acceptors (Lipinski definition) is 2. The van der Waals surface area contributed by atoms with Gasteiger partial charge in [0.15, 0.2) is 0 Å². The molecule has 0 bridgehead atoms. The highest BCUT2D eigenvalue weighted by Gasteiger charge is 2.13. The lowest BCUT2D eigenvalue weighted by atomic mass is 10.0. The predicted molar refractivity (Wildman–Crippen MR) is 71.3 cm³/mol. The zero-order valence-electron chi connectivity index (χ0n) is 10.2. The van der Waals surface area contributed by atoms with Gasteiger partial charge < -0.3 is 10.4 Å². The fraction of sp³-hybridized carbons (Fsp3) is 0.538. The molecule has 1 unspecified atom stereocenters. The number of nitrogens with one attached hydrogen (secondary N) is 1. The van der Waals surface area contributed by atoms with Crippen molar-refractivity contribution in [2.45, 2.75) is 32.9 Å². The predicted octanol–water partition coefficient (Wildman–Crippen LogP) is 3.08. The molecule has 0 heterocycles. The lowest BCUT2D eigenvalue weighted by Crippen LogP contribution is -2.34. The average molecular weight is 304 g/mol. The summed E-state index contributed by atoms with van der Waals surface area (Å²) in [7, 11) is 0. The van der Waals surface area contributed by atoms with E-state index >= 15 is 0 Å². The van der Waals surface area contributed by atoms with Gasteiger partial charge in [0, 0.05) is 19.2 Å². The fourth-order valence-corrected chi connectivity index (χ4v) is 2.14. The molecule has 0 fully saturated rings. The smallest absolute Gasteiger partial charge is 0.137 e. The second kappa shape index (κ2) is 7.09. The lowest BCUT2D eigenvalue weighted by Gasteiger charge is -2.22.